The number of likely N-dealkylation sites (tertiary alicyclic amines) is 1. The van der Waals surface area contributed by atoms with E-state index in [4.69, 9.17) is 0 Å². The number of nitrogens with zero attached hydrogens (tertiary/aromatic N) is 1. The van der Waals surface area contributed by atoms with Gasteiger partial charge in [0.1, 0.15) is 0 Å². The summed E-state index contributed by atoms with van der Waals surface area (Å²) < 4.78 is 0. The second-order valence-corrected chi connectivity index (χ2v) is 6.05. The first-order valence-corrected chi connectivity index (χ1v) is 8.03. The summed E-state index contributed by atoms with van der Waals surface area (Å²) in [6.07, 6.45) is 0.579. The monoisotopic (exact) mass is 296 g/mol. The Kier molecular flexibility index (Phi) is 5.22. The van der Waals surface area contributed by atoms with Crippen LogP contribution >= 0.6 is 0 Å². The maximum absolute atomic E-state index is 10.2. The molecule has 0 aromatic heterocycles. The van der Waals surface area contributed by atoms with Gasteiger partial charge in [-0.05, 0) is 17.5 Å². The maximum Gasteiger partial charge on any atom is 0.0718 e. The van der Waals surface area contributed by atoms with Gasteiger partial charge in [-0.25, -0.2) is 0 Å². The van der Waals surface area contributed by atoms with Crippen LogP contribution in [0, 0.1) is 0 Å². The van der Waals surface area contributed by atoms with E-state index in [1.54, 1.807) is 0 Å². The lowest BCUT2D eigenvalue weighted by atomic mass is 10.0. The van der Waals surface area contributed by atoms with Gasteiger partial charge < -0.3 is 10.4 Å². The van der Waals surface area contributed by atoms with Crippen LogP contribution in [0.25, 0.3) is 0 Å². The normalized spacial score (nSPS) is 22.6. The Morgan fingerprint density at radius 2 is 1.59 bits per heavy atom. The number of nitrogens with one attached hydrogen (secondary N) is 1. The Labute approximate surface area is 132 Å². The molecule has 2 N–H and O–H groups in total. The van der Waals surface area contributed by atoms with E-state index < -0.39 is 0 Å². The van der Waals surface area contributed by atoms with Gasteiger partial charge in [-0.3, -0.25) is 4.90 Å². The fourth-order valence-electron chi connectivity index (χ4n) is 3.04. The van der Waals surface area contributed by atoms with E-state index in [0.717, 1.165) is 32.6 Å². The van der Waals surface area contributed by atoms with Gasteiger partial charge in [-0.2, -0.15) is 0 Å². The van der Waals surface area contributed by atoms with Crippen molar-refractivity contribution in [2.75, 3.05) is 13.1 Å². The molecule has 1 heterocycles. The van der Waals surface area contributed by atoms with E-state index in [1.807, 2.05) is 12.1 Å². The van der Waals surface area contributed by atoms with Gasteiger partial charge in [-0.15, -0.1) is 0 Å². The molecular weight excluding hydrogens is 272 g/mol. The molecule has 0 aliphatic carbocycles. The molecule has 0 bridgehead atoms. The molecule has 2 aromatic carbocycles. The minimum absolute atomic E-state index is 0.137. The molecule has 116 valence electrons. The number of piperidine rings is 1. The van der Waals surface area contributed by atoms with Crippen LogP contribution in [0.1, 0.15) is 17.5 Å². The molecule has 1 aliphatic rings. The molecule has 1 aliphatic heterocycles. The lowest BCUT2D eigenvalue weighted by Crippen LogP contribution is -2.53. The van der Waals surface area contributed by atoms with Crippen LogP contribution in [0.5, 0.6) is 0 Å². The van der Waals surface area contributed by atoms with E-state index in [1.165, 1.54) is 11.1 Å². The molecule has 1 fully saturated rings. The molecule has 1 unspecified atom stereocenters. The molecule has 0 saturated carbocycles. The largest absolute Gasteiger partial charge is 0.391 e. The quantitative estimate of drug-likeness (QED) is 0.889. The summed E-state index contributed by atoms with van der Waals surface area (Å²) in [5.41, 5.74) is 2.59. The molecule has 0 amide bonds. The van der Waals surface area contributed by atoms with E-state index in [2.05, 4.69) is 58.7 Å². The first-order chi connectivity index (χ1) is 10.8. The molecule has 22 heavy (non-hydrogen) atoms. The minimum Gasteiger partial charge on any atom is -0.391 e. The third kappa shape index (κ3) is 4.17. The Balaban J connectivity index is 1.54. The van der Waals surface area contributed by atoms with Gasteiger partial charge in [0.15, 0.2) is 0 Å². The fourth-order valence-corrected chi connectivity index (χ4v) is 3.04. The maximum atomic E-state index is 10.2. The summed E-state index contributed by atoms with van der Waals surface area (Å²) in [4.78, 5) is 2.42. The van der Waals surface area contributed by atoms with E-state index >= 15 is 0 Å². The minimum atomic E-state index is -0.254. The Bertz CT molecular complexity index is 558. The average Bonchev–Trinajstić information content (AvgIpc) is 2.57. The van der Waals surface area contributed by atoms with Crippen LogP contribution < -0.4 is 5.32 Å². The van der Waals surface area contributed by atoms with Crippen molar-refractivity contribution in [3.63, 3.8) is 0 Å². The molecule has 1 saturated heterocycles. The van der Waals surface area contributed by atoms with Crippen molar-refractivity contribution in [2.24, 2.45) is 0 Å². The number of aliphatic hydroxyl groups excluding tert-OH is 1. The SMILES string of the molecule is OC1CCN(Cc2ccccc2)C[C@H]1NCc1ccccc1. The zero-order valence-electron chi connectivity index (χ0n) is 12.9. The first kappa shape index (κ1) is 15.2. The van der Waals surface area contributed by atoms with Gasteiger partial charge in [0, 0.05) is 32.2 Å². The predicted molar refractivity (Wildman–Crippen MR) is 89.4 cm³/mol. The van der Waals surface area contributed by atoms with Gasteiger partial charge in [0.2, 0.25) is 0 Å². The highest BCUT2D eigenvalue weighted by atomic mass is 16.3. The molecule has 0 spiro atoms. The highest BCUT2D eigenvalue weighted by molar-refractivity contribution is 5.15. The Hall–Kier alpha value is -1.68. The number of hydrogen-bond donors (Lipinski definition) is 2. The van der Waals surface area contributed by atoms with Gasteiger partial charge in [-0.1, -0.05) is 60.7 Å². The average molecular weight is 296 g/mol. The third-order valence-corrected chi connectivity index (χ3v) is 4.32. The Morgan fingerprint density at radius 1 is 0.955 bits per heavy atom. The summed E-state index contributed by atoms with van der Waals surface area (Å²) in [5.74, 6) is 0. The van der Waals surface area contributed by atoms with Crippen LogP contribution in [-0.2, 0) is 13.1 Å². The summed E-state index contributed by atoms with van der Waals surface area (Å²) in [5, 5.41) is 13.8. The number of aliphatic hydroxyl groups is 1. The van der Waals surface area contributed by atoms with Crippen molar-refractivity contribution in [3.05, 3.63) is 71.8 Å². The lowest BCUT2D eigenvalue weighted by Gasteiger charge is -2.36. The summed E-state index contributed by atoms with van der Waals surface area (Å²) in [6, 6.07) is 21.0. The van der Waals surface area contributed by atoms with Crippen molar-refractivity contribution >= 4 is 0 Å². The zero-order chi connectivity index (χ0) is 15.2. The van der Waals surface area contributed by atoms with E-state index in [-0.39, 0.29) is 12.1 Å². The molecule has 3 heteroatoms. The topological polar surface area (TPSA) is 35.5 Å². The summed E-state index contributed by atoms with van der Waals surface area (Å²) in [6.45, 7) is 3.61. The molecule has 0 radical (unpaired) electrons. The van der Waals surface area contributed by atoms with Crippen molar-refractivity contribution in [2.45, 2.75) is 31.7 Å². The standard InChI is InChI=1S/C19H24N2O/c22-19-11-12-21(14-17-9-5-2-6-10-17)15-18(19)20-13-16-7-3-1-4-8-16/h1-10,18-20,22H,11-15H2/t18-,19?/m1/s1. The van der Waals surface area contributed by atoms with Crippen LogP contribution in [0.3, 0.4) is 0 Å². The predicted octanol–water partition coefficient (Wildman–Crippen LogP) is 2.41. The highest BCUT2D eigenvalue weighted by Gasteiger charge is 2.27. The third-order valence-electron chi connectivity index (χ3n) is 4.32. The van der Waals surface area contributed by atoms with Crippen molar-refractivity contribution in [1.29, 1.82) is 0 Å². The van der Waals surface area contributed by atoms with Crippen LogP contribution in [0.2, 0.25) is 0 Å². The second-order valence-electron chi connectivity index (χ2n) is 6.05. The van der Waals surface area contributed by atoms with Crippen molar-refractivity contribution in [3.8, 4) is 0 Å². The van der Waals surface area contributed by atoms with Gasteiger partial charge >= 0.3 is 0 Å². The molecule has 2 aromatic rings. The molecular formula is C19H24N2O. The zero-order valence-corrected chi connectivity index (χ0v) is 12.9. The molecule has 3 nitrogen and oxygen atoms in total. The van der Waals surface area contributed by atoms with E-state index in [9.17, 15) is 5.11 Å². The first-order valence-electron chi connectivity index (χ1n) is 8.03. The van der Waals surface area contributed by atoms with Crippen LogP contribution in [-0.4, -0.2) is 35.2 Å². The second kappa shape index (κ2) is 7.54. The van der Waals surface area contributed by atoms with Crippen molar-refractivity contribution in [1.82, 2.24) is 10.2 Å². The number of benzene rings is 2. The Morgan fingerprint density at radius 3 is 2.27 bits per heavy atom. The lowest BCUT2D eigenvalue weighted by molar-refractivity contribution is 0.0438. The van der Waals surface area contributed by atoms with Crippen LogP contribution in [0.15, 0.2) is 60.7 Å². The number of rotatable bonds is 5. The van der Waals surface area contributed by atoms with Crippen molar-refractivity contribution < 1.29 is 5.11 Å². The highest BCUT2D eigenvalue weighted by Crippen LogP contribution is 2.15. The van der Waals surface area contributed by atoms with Crippen LogP contribution in [0.4, 0.5) is 0 Å². The summed E-state index contributed by atoms with van der Waals surface area (Å²) in [7, 11) is 0. The van der Waals surface area contributed by atoms with Gasteiger partial charge in [0.05, 0.1) is 6.10 Å². The molecule has 2 atom stereocenters. The smallest absolute Gasteiger partial charge is 0.0718 e. The van der Waals surface area contributed by atoms with E-state index in [0.29, 0.717) is 0 Å². The fraction of sp³-hybridized carbons (Fsp3) is 0.368. The molecule has 3 rings (SSSR count). The summed E-state index contributed by atoms with van der Waals surface area (Å²) >= 11 is 0. The number of hydrogen-bond acceptors (Lipinski definition) is 3. The van der Waals surface area contributed by atoms with Gasteiger partial charge in [0.25, 0.3) is 0 Å².